The third-order valence-electron chi connectivity index (χ3n) is 5.44. The van der Waals surface area contributed by atoms with Gasteiger partial charge in [-0.2, -0.15) is 0 Å². The van der Waals surface area contributed by atoms with Crippen molar-refractivity contribution in [1.29, 1.82) is 0 Å². The maximum absolute atomic E-state index is 12.3. The molecule has 0 aliphatic heterocycles. The lowest BCUT2D eigenvalue weighted by atomic mass is 9.88. The van der Waals surface area contributed by atoms with Crippen molar-refractivity contribution in [2.75, 3.05) is 20.1 Å². The number of amides is 1. The molecule has 3 atom stereocenters. The van der Waals surface area contributed by atoms with Crippen molar-refractivity contribution >= 4 is 5.91 Å². The summed E-state index contributed by atoms with van der Waals surface area (Å²) in [6.07, 6.45) is 7.63. The van der Waals surface area contributed by atoms with Crippen LogP contribution in [0.1, 0.15) is 38.5 Å². The van der Waals surface area contributed by atoms with Crippen LogP contribution in [0.25, 0.3) is 0 Å². The van der Waals surface area contributed by atoms with Crippen LogP contribution in [0.3, 0.4) is 0 Å². The molecule has 3 nitrogen and oxygen atoms in total. The van der Waals surface area contributed by atoms with E-state index in [4.69, 9.17) is 5.73 Å². The zero-order valence-corrected chi connectivity index (χ0v) is 10.8. The van der Waals surface area contributed by atoms with Gasteiger partial charge in [0.05, 0.1) is 5.41 Å². The molecule has 3 heteroatoms. The second kappa shape index (κ2) is 3.98. The van der Waals surface area contributed by atoms with Gasteiger partial charge in [-0.15, -0.1) is 0 Å². The molecule has 17 heavy (non-hydrogen) atoms. The first-order valence-corrected chi connectivity index (χ1v) is 7.10. The molecule has 0 radical (unpaired) electrons. The number of nitrogens with zero attached hydrogens (tertiary/aromatic N) is 1. The molecule has 3 rings (SSSR count). The highest BCUT2D eigenvalue weighted by molar-refractivity contribution is 5.85. The molecular formula is C14H24N2O. The van der Waals surface area contributed by atoms with Crippen LogP contribution in [0, 0.1) is 23.2 Å². The van der Waals surface area contributed by atoms with E-state index in [1.165, 1.54) is 25.7 Å². The highest BCUT2D eigenvalue weighted by atomic mass is 16.2. The van der Waals surface area contributed by atoms with E-state index in [0.717, 1.165) is 37.1 Å². The predicted octanol–water partition coefficient (Wildman–Crippen LogP) is 1.62. The van der Waals surface area contributed by atoms with E-state index in [1.807, 2.05) is 11.9 Å². The van der Waals surface area contributed by atoms with E-state index in [-0.39, 0.29) is 5.41 Å². The standard InChI is InChI=1S/C14H24N2O/c1-16(13(17)14(9-15)4-5-14)8-12-7-10-2-3-11(12)6-10/h10-12H,2-9,15H2,1H3. The summed E-state index contributed by atoms with van der Waals surface area (Å²) in [4.78, 5) is 14.3. The molecule has 0 spiro atoms. The number of hydrogen-bond acceptors (Lipinski definition) is 2. The molecule has 1 amide bonds. The molecule has 0 aromatic rings. The fourth-order valence-electron chi connectivity index (χ4n) is 4.10. The molecule has 0 aromatic carbocycles. The van der Waals surface area contributed by atoms with E-state index in [9.17, 15) is 4.79 Å². The second-order valence-electron chi connectivity index (χ2n) is 6.61. The zero-order valence-electron chi connectivity index (χ0n) is 10.8. The van der Waals surface area contributed by atoms with E-state index in [0.29, 0.717) is 12.5 Å². The molecule has 0 heterocycles. The average molecular weight is 236 g/mol. The van der Waals surface area contributed by atoms with Crippen LogP contribution in [-0.2, 0) is 4.79 Å². The van der Waals surface area contributed by atoms with E-state index in [2.05, 4.69) is 0 Å². The largest absolute Gasteiger partial charge is 0.345 e. The topological polar surface area (TPSA) is 46.3 Å². The van der Waals surface area contributed by atoms with Gasteiger partial charge in [-0.1, -0.05) is 6.42 Å². The highest BCUT2D eigenvalue weighted by Gasteiger charge is 2.50. The molecule has 2 bridgehead atoms. The lowest BCUT2D eigenvalue weighted by molar-refractivity contribution is -0.136. The van der Waals surface area contributed by atoms with Gasteiger partial charge >= 0.3 is 0 Å². The summed E-state index contributed by atoms with van der Waals surface area (Å²) < 4.78 is 0. The monoisotopic (exact) mass is 236 g/mol. The minimum Gasteiger partial charge on any atom is -0.345 e. The third kappa shape index (κ3) is 1.88. The van der Waals surface area contributed by atoms with Gasteiger partial charge in [0.25, 0.3) is 0 Å². The number of hydrogen-bond donors (Lipinski definition) is 1. The normalized spacial score (nSPS) is 37.2. The summed E-state index contributed by atoms with van der Waals surface area (Å²) in [5, 5.41) is 0. The Kier molecular flexibility index (Phi) is 2.69. The Morgan fingerprint density at radius 1 is 1.35 bits per heavy atom. The Bertz CT molecular complexity index is 324. The molecular weight excluding hydrogens is 212 g/mol. The lowest BCUT2D eigenvalue weighted by Gasteiger charge is -2.29. The molecule has 3 aliphatic carbocycles. The van der Waals surface area contributed by atoms with Crippen molar-refractivity contribution in [2.24, 2.45) is 28.9 Å². The van der Waals surface area contributed by atoms with Crippen molar-refractivity contribution in [3.05, 3.63) is 0 Å². The number of nitrogens with two attached hydrogens (primary N) is 1. The number of carbonyl (C=O) groups is 1. The molecule has 2 N–H and O–H groups in total. The van der Waals surface area contributed by atoms with Crippen molar-refractivity contribution < 1.29 is 4.79 Å². The second-order valence-corrected chi connectivity index (χ2v) is 6.61. The van der Waals surface area contributed by atoms with Gasteiger partial charge in [-0.3, -0.25) is 4.79 Å². The van der Waals surface area contributed by atoms with Crippen molar-refractivity contribution in [1.82, 2.24) is 4.90 Å². The minimum atomic E-state index is -0.160. The van der Waals surface area contributed by atoms with Crippen molar-refractivity contribution in [3.8, 4) is 0 Å². The Balaban J connectivity index is 1.57. The molecule has 3 saturated carbocycles. The summed E-state index contributed by atoms with van der Waals surface area (Å²) in [6, 6.07) is 0. The molecule has 0 aromatic heterocycles. The maximum atomic E-state index is 12.3. The van der Waals surface area contributed by atoms with Gasteiger partial charge < -0.3 is 10.6 Å². The van der Waals surface area contributed by atoms with Gasteiger partial charge in [0.15, 0.2) is 0 Å². The summed E-state index contributed by atoms with van der Waals surface area (Å²) >= 11 is 0. The SMILES string of the molecule is CN(CC1CC2CCC1C2)C(=O)C1(CN)CC1. The van der Waals surface area contributed by atoms with Crippen LogP contribution in [0.4, 0.5) is 0 Å². The number of carbonyl (C=O) groups excluding carboxylic acids is 1. The van der Waals surface area contributed by atoms with Crippen molar-refractivity contribution in [3.63, 3.8) is 0 Å². The van der Waals surface area contributed by atoms with Gasteiger partial charge in [0.1, 0.15) is 0 Å². The highest BCUT2D eigenvalue weighted by Crippen LogP contribution is 2.49. The van der Waals surface area contributed by atoms with E-state index < -0.39 is 0 Å². The zero-order chi connectivity index (χ0) is 12.0. The first-order valence-electron chi connectivity index (χ1n) is 7.10. The number of fused-ring (bicyclic) bond motifs is 2. The van der Waals surface area contributed by atoms with Crippen LogP contribution >= 0.6 is 0 Å². The van der Waals surface area contributed by atoms with Gasteiger partial charge in [0, 0.05) is 20.1 Å². The summed E-state index contributed by atoms with van der Waals surface area (Å²) in [5.41, 5.74) is 5.57. The maximum Gasteiger partial charge on any atom is 0.229 e. The van der Waals surface area contributed by atoms with Gasteiger partial charge in [0.2, 0.25) is 5.91 Å². The summed E-state index contributed by atoms with van der Waals surface area (Å²) in [6.45, 7) is 1.51. The molecule has 96 valence electrons. The summed E-state index contributed by atoms with van der Waals surface area (Å²) in [7, 11) is 1.98. The molecule has 3 unspecified atom stereocenters. The lowest BCUT2D eigenvalue weighted by Crippen LogP contribution is -2.41. The van der Waals surface area contributed by atoms with Gasteiger partial charge in [-0.25, -0.2) is 0 Å². The van der Waals surface area contributed by atoms with E-state index in [1.54, 1.807) is 0 Å². The molecule has 3 fully saturated rings. The number of rotatable bonds is 4. The first kappa shape index (κ1) is 11.5. The fourth-order valence-corrected chi connectivity index (χ4v) is 4.10. The van der Waals surface area contributed by atoms with Crippen LogP contribution in [0.15, 0.2) is 0 Å². The van der Waals surface area contributed by atoms with Gasteiger partial charge in [-0.05, 0) is 49.9 Å². The van der Waals surface area contributed by atoms with Crippen LogP contribution in [-0.4, -0.2) is 30.9 Å². The molecule has 3 aliphatic rings. The first-order chi connectivity index (χ1) is 8.14. The fraction of sp³-hybridized carbons (Fsp3) is 0.929. The smallest absolute Gasteiger partial charge is 0.229 e. The Labute approximate surface area is 104 Å². The van der Waals surface area contributed by atoms with E-state index >= 15 is 0 Å². The molecule has 0 saturated heterocycles. The van der Waals surface area contributed by atoms with Crippen LogP contribution in [0.2, 0.25) is 0 Å². The Morgan fingerprint density at radius 2 is 2.12 bits per heavy atom. The predicted molar refractivity (Wildman–Crippen MR) is 67.3 cm³/mol. The quantitative estimate of drug-likeness (QED) is 0.806. The Hall–Kier alpha value is -0.570. The Morgan fingerprint density at radius 3 is 2.59 bits per heavy atom. The van der Waals surface area contributed by atoms with Crippen molar-refractivity contribution in [2.45, 2.75) is 38.5 Å². The average Bonchev–Trinajstić information content (AvgIpc) is 2.87. The van der Waals surface area contributed by atoms with Crippen LogP contribution in [0.5, 0.6) is 0 Å². The third-order valence-corrected chi connectivity index (χ3v) is 5.44. The summed E-state index contributed by atoms with van der Waals surface area (Å²) in [5.74, 6) is 2.96. The minimum absolute atomic E-state index is 0.160. The van der Waals surface area contributed by atoms with Crippen LogP contribution < -0.4 is 5.73 Å².